The molecule has 1 saturated heterocycles. The molecule has 0 atom stereocenters. The van der Waals surface area contributed by atoms with Crippen molar-refractivity contribution in [2.45, 2.75) is 0 Å². The second-order valence-corrected chi connectivity index (χ2v) is 5.71. The summed E-state index contributed by atoms with van der Waals surface area (Å²) in [6, 6.07) is 3.42. The summed E-state index contributed by atoms with van der Waals surface area (Å²) in [7, 11) is 0. The Morgan fingerprint density at radius 3 is 2.78 bits per heavy atom. The molecule has 0 unspecified atom stereocenters. The molecule has 1 fully saturated rings. The van der Waals surface area contributed by atoms with Gasteiger partial charge in [0.1, 0.15) is 4.32 Å². The number of carbonyl (C=O) groups excluding carboxylic acids is 1. The van der Waals surface area contributed by atoms with E-state index in [0.29, 0.717) is 31.3 Å². The Morgan fingerprint density at radius 2 is 2.11 bits per heavy atom. The number of thiocarbonyl (C=S) groups is 1. The predicted octanol–water partition coefficient (Wildman–Crippen LogP) is 2.56. The lowest BCUT2D eigenvalue weighted by Gasteiger charge is -2.02. The average molecular weight is 300 g/mol. The molecule has 92 valence electrons. The van der Waals surface area contributed by atoms with Gasteiger partial charge in [-0.2, -0.15) is 0 Å². The van der Waals surface area contributed by atoms with Crippen molar-refractivity contribution in [1.82, 2.24) is 5.32 Å². The van der Waals surface area contributed by atoms with E-state index in [9.17, 15) is 4.79 Å². The molecule has 7 heteroatoms. The Balaban J connectivity index is 2.00. The Bertz CT molecular complexity index is 600. The monoisotopic (exact) mass is 299 g/mol. The van der Waals surface area contributed by atoms with Gasteiger partial charge in [0.2, 0.25) is 6.79 Å². The van der Waals surface area contributed by atoms with Crippen LogP contribution in [-0.2, 0) is 4.79 Å². The summed E-state index contributed by atoms with van der Waals surface area (Å²) in [5.74, 6) is 1.03. The van der Waals surface area contributed by atoms with Gasteiger partial charge in [0.05, 0.1) is 9.93 Å². The lowest BCUT2D eigenvalue weighted by Crippen LogP contribution is -2.17. The van der Waals surface area contributed by atoms with E-state index in [2.05, 4.69) is 5.32 Å². The highest BCUT2D eigenvalue weighted by Gasteiger charge is 2.23. The van der Waals surface area contributed by atoms with Crippen LogP contribution in [0.4, 0.5) is 0 Å². The fourth-order valence-corrected chi connectivity index (χ4v) is 2.85. The van der Waals surface area contributed by atoms with Crippen molar-refractivity contribution in [3.05, 3.63) is 27.6 Å². The van der Waals surface area contributed by atoms with E-state index in [-0.39, 0.29) is 12.7 Å². The average Bonchev–Trinajstić information content (AvgIpc) is 2.86. The molecular weight excluding hydrogens is 294 g/mol. The fourth-order valence-electron chi connectivity index (χ4n) is 1.61. The minimum atomic E-state index is -0.210. The number of hydrogen-bond donors (Lipinski definition) is 1. The molecule has 0 spiro atoms. The first-order valence-corrected chi connectivity index (χ1v) is 6.58. The number of nitrogens with one attached hydrogen (secondary N) is 1. The molecule has 2 aliphatic rings. The zero-order chi connectivity index (χ0) is 12.7. The van der Waals surface area contributed by atoms with Gasteiger partial charge in [-0.15, -0.1) is 0 Å². The SMILES string of the molecule is O=C1NC(=S)S/C1=C/c1cc2c(cc1Cl)OCO2. The standard InChI is InChI=1S/C11H6ClNO3S2/c12-6-3-8-7(15-4-16-8)1-5(6)2-9-10(14)13-11(17)18-9/h1-3H,4H2,(H,13,14,17)/b9-2+. The molecule has 3 rings (SSSR count). The van der Waals surface area contributed by atoms with Gasteiger partial charge in [-0.25, -0.2) is 0 Å². The summed E-state index contributed by atoms with van der Waals surface area (Å²) in [5, 5.41) is 3.05. The molecule has 18 heavy (non-hydrogen) atoms. The van der Waals surface area contributed by atoms with Gasteiger partial charge in [0.15, 0.2) is 11.5 Å². The molecule has 1 aromatic carbocycles. The van der Waals surface area contributed by atoms with E-state index in [1.54, 1.807) is 18.2 Å². The van der Waals surface area contributed by atoms with Crippen molar-refractivity contribution < 1.29 is 14.3 Å². The minimum Gasteiger partial charge on any atom is -0.454 e. The molecular formula is C11H6ClNO3S2. The lowest BCUT2D eigenvalue weighted by molar-refractivity contribution is -0.115. The first-order valence-electron chi connectivity index (χ1n) is 4.97. The van der Waals surface area contributed by atoms with Gasteiger partial charge in [-0.05, 0) is 17.7 Å². The van der Waals surface area contributed by atoms with E-state index in [1.807, 2.05) is 0 Å². The highest BCUT2D eigenvalue weighted by molar-refractivity contribution is 8.26. The molecule has 2 aliphatic heterocycles. The van der Waals surface area contributed by atoms with Gasteiger partial charge in [0, 0.05) is 6.07 Å². The molecule has 0 radical (unpaired) electrons. The Labute approximate surface area is 117 Å². The van der Waals surface area contributed by atoms with Crippen LogP contribution in [0.5, 0.6) is 11.5 Å². The molecule has 0 aliphatic carbocycles. The predicted molar refractivity (Wildman–Crippen MR) is 73.9 cm³/mol. The first kappa shape index (κ1) is 11.8. The van der Waals surface area contributed by atoms with Crippen LogP contribution < -0.4 is 14.8 Å². The third-order valence-corrected chi connectivity index (χ3v) is 3.91. The number of hydrogen-bond acceptors (Lipinski definition) is 5. The van der Waals surface area contributed by atoms with E-state index < -0.39 is 0 Å². The summed E-state index contributed by atoms with van der Waals surface area (Å²) in [4.78, 5) is 12.1. The van der Waals surface area contributed by atoms with Gasteiger partial charge in [0.25, 0.3) is 5.91 Å². The summed E-state index contributed by atoms with van der Waals surface area (Å²) < 4.78 is 10.9. The summed E-state index contributed by atoms with van der Waals surface area (Å²) in [6.07, 6.45) is 1.68. The highest BCUT2D eigenvalue weighted by atomic mass is 35.5. The zero-order valence-corrected chi connectivity index (χ0v) is 11.2. The maximum atomic E-state index is 11.5. The quantitative estimate of drug-likeness (QED) is 0.638. The van der Waals surface area contributed by atoms with Crippen LogP contribution in [0.2, 0.25) is 5.02 Å². The number of amides is 1. The van der Waals surface area contributed by atoms with Gasteiger partial charge < -0.3 is 14.8 Å². The third kappa shape index (κ3) is 2.07. The summed E-state index contributed by atoms with van der Waals surface area (Å²) in [5.41, 5.74) is 0.697. The summed E-state index contributed by atoms with van der Waals surface area (Å²) >= 11 is 12.2. The molecule has 2 heterocycles. The topological polar surface area (TPSA) is 47.6 Å². The lowest BCUT2D eigenvalue weighted by atomic mass is 10.2. The molecule has 1 aromatic rings. The zero-order valence-electron chi connectivity index (χ0n) is 8.86. The van der Waals surface area contributed by atoms with Crippen molar-refractivity contribution in [2.75, 3.05) is 6.79 Å². The molecule has 0 bridgehead atoms. The van der Waals surface area contributed by atoms with Crippen molar-refractivity contribution in [1.29, 1.82) is 0 Å². The fraction of sp³-hybridized carbons (Fsp3) is 0.0909. The van der Waals surface area contributed by atoms with Crippen LogP contribution in [0, 0.1) is 0 Å². The largest absolute Gasteiger partial charge is 0.454 e. The van der Waals surface area contributed by atoms with Crippen molar-refractivity contribution >= 4 is 51.9 Å². The Morgan fingerprint density at radius 1 is 1.39 bits per heavy atom. The maximum Gasteiger partial charge on any atom is 0.263 e. The number of thioether (sulfide) groups is 1. The number of rotatable bonds is 1. The molecule has 1 amide bonds. The molecule has 0 saturated carbocycles. The second kappa shape index (κ2) is 4.46. The van der Waals surface area contributed by atoms with Crippen molar-refractivity contribution in [3.8, 4) is 11.5 Å². The Kier molecular flexibility index (Phi) is 2.93. The van der Waals surface area contributed by atoms with E-state index in [0.717, 1.165) is 0 Å². The summed E-state index contributed by atoms with van der Waals surface area (Å²) in [6.45, 7) is 0.186. The van der Waals surface area contributed by atoms with Crippen molar-refractivity contribution in [3.63, 3.8) is 0 Å². The van der Waals surface area contributed by atoms with Crippen LogP contribution in [0.15, 0.2) is 17.0 Å². The molecule has 0 aromatic heterocycles. The van der Waals surface area contributed by atoms with E-state index >= 15 is 0 Å². The van der Waals surface area contributed by atoms with Crippen LogP contribution in [0.25, 0.3) is 6.08 Å². The van der Waals surface area contributed by atoms with Crippen LogP contribution >= 0.6 is 35.6 Å². The van der Waals surface area contributed by atoms with Crippen LogP contribution in [0.1, 0.15) is 5.56 Å². The van der Waals surface area contributed by atoms with Crippen LogP contribution in [-0.4, -0.2) is 17.0 Å². The van der Waals surface area contributed by atoms with Gasteiger partial charge >= 0.3 is 0 Å². The number of carbonyl (C=O) groups is 1. The first-order chi connectivity index (χ1) is 8.63. The molecule has 1 N–H and O–H groups in total. The number of benzene rings is 1. The molecule has 4 nitrogen and oxygen atoms in total. The number of halogens is 1. The van der Waals surface area contributed by atoms with Crippen LogP contribution in [0.3, 0.4) is 0 Å². The highest BCUT2D eigenvalue weighted by Crippen LogP contribution is 2.38. The normalized spacial score (nSPS) is 19.5. The van der Waals surface area contributed by atoms with Crippen molar-refractivity contribution in [2.24, 2.45) is 0 Å². The smallest absolute Gasteiger partial charge is 0.263 e. The third-order valence-electron chi connectivity index (χ3n) is 2.42. The second-order valence-electron chi connectivity index (χ2n) is 3.58. The van der Waals surface area contributed by atoms with E-state index in [1.165, 1.54) is 11.8 Å². The maximum absolute atomic E-state index is 11.5. The number of fused-ring (bicyclic) bond motifs is 1. The van der Waals surface area contributed by atoms with E-state index in [4.69, 9.17) is 33.3 Å². The van der Waals surface area contributed by atoms with Gasteiger partial charge in [-0.3, -0.25) is 4.79 Å². The van der Waals surface area contributed by atoms with Gasteiger partial charge in [-0.1, -0.05) is 35.6 Å². The minimum absolute atomic E-state index is 0.186. The Hall–Kier alpha value is -1.24. The number of ether oxygens (including phenoxy) is 2.